The lowest BCUT2D eigenvalue weighted by molar-refractivity contribution is 0.0954. The molecular formula is C14H16ClN3O. The summed E-state index contributed by atoms with van der Waals surface area (Å²) in [4.78, 5) is 12.0. The largest absolute Gasteiger partial charge is 0.352 e. The first-order valence-corrected chi connectivity index (χ1v) is 6.52. The van der Waals surface area contributed by atoms with Crippen LogP contribution in [-0.2, 0) is 0 Å². The molecule has 0 aliphatic carbocycles. The van der Waals surface area contributed by atoms with Crippen molar-refractivity contribution < 1.29 is 4.79 Å². The number of carbonyl (C=O) groups excluding carboxylic acids is 1. The molecule has 19 heavy (non-hydrogen) atoms. The van der Waals surface area contributed by atoms with Gasteiger partial charge in [0.05, 0.1) is 22.6 Å². The Labute approximate surface area is 117 Å². The molecule has 0 atom stereocenters. The lowest BCUT2D eigenvalue weighted by Gasteiger charge is -2.05. The number of aromatic nitrogens is 2. The van der Waals surface area contributed by atoms with Crippen LogP contribution in [0.15, 0.2) is 24.3 Å². The van der Waals surface area contributed by atoms with Gasteiger partial charge in [-0.05, 0) is 45.0 Å². The molecule has 0 unspecified atom stereocenters. The third kappa shape index (κ3) is 2.63. The van der Waals surface area contributed by atoms with Crippen LogP contribution in [0, 0.1) is 13.8 Å². The molecule has 1 aromatic carbocycles. The van der Waals surface area contributed by atoms with Crippen LogP contribution >= 0.6 is 11.6 Å². The Bertz CT molecular complexity index is 602. The van der Waals surface area contributed by atoms with Crippen molar-refractivity contribution in [2.75, 3.05) is 6.54 Å². The van der Waals surface area contributed by atoms with Crippen molar-refractivity contribution in [1.29, 1.82) is 0 Å². The number of nitrogens with zero attached hydrogens (tertiary/aromatic N) is 2. The number of halogens is 1. The topological polar surface area (TPSA) is 46.9 Å². The molecule has 0 bridgehead atoms. The van der Waals surface area contributed by atoms with E-state index in [0.717, 1.165) is 17.1 Å². The smallest absolute Gasteiger partial charge is 0.255 e. The minimum absolute atomic E-state index is 0.0855. The molecule has 1 amide bonds. The number of rotatable bonds is 3. The van der Waals surface area contributed by atoms with Crippen LogP contribution in [0.2, 0.25) is 5.02 Å². The fourth-order valence-electron chi connectivity index (χ4n) is 2.05. The Morgan fingerprint density at radius 2 is 1.95 bits per heavy atom. The summed E-state index contributed by atoms with van der Waals surface area (Å²) >= 11 is 5.87. The highest BCUT2D eigenvalue weighted by molar-refractivity contribution is 6.30. The molecule has 0 radical (unpaired) electrons. The van der Waals surface area contributed by atoms with E-state index in [4.69, 9.17) is 11.6 Å². The van der Waals surface area contributed by atoms with Crippen molar-refractivity contribution in [3.05, 3.63) is 46.2 Å². The van der Waals surface area contributed by atoms with E-state index in [-0.39, 0.29) is 5.91 Å². The van der Waals surface area contributed by atoms with Gasteiger partial charge in [-0.15, -0.1) is 0 Å². The summed E-state index contributed by atoms with van der Waals surface area (Å²) in [6, 6.07) is 7.37. The monoisotopic (exact) mass is 277 g/mol. The molecule has 4 nitrogen and oxygen atoms in total. The van der Waals surface area contributed by atoms with E-state index in [9.17, 15) is 4.79 Å². The van der Waals surface area contributed by atoms with Crippen molar-refractivity contribution in [2.24, 2.45) is 0 Å². The summed E-state index contributed by atoms with van der Waals surface area (Å²) in [6.07, 6.45) is 0. The number of benzene rings is 1. The highest BCUT2D eigenvalue weighted by Crippen LogP contribution is 2.19. The van der Waals surface area contributed by atoms with Crippen molar-refractivity contribution in [3.8, 4) is 5.69 Å². The Balaban J connectivity index is 2.46. The van der Waals surface area contributed by atoms with Crippen LogP contribution in [0.5, 0.6) is 0 Å². The zero-order valence-corrected chi connectivity index (χ0v) is 12.0. The SMILES string of the molecule is CCNC(=O)c1c(C)nn(-c2ccc(Cl)cc2)c1C. The summed E-state index contributed by atoms with van der Waals surface area (Å²) in [5, 5.41) is 7.91. The van der Waals surface area contributed by atoms with Gasteiger partial charge in [0.2, 0.25) is 0 Å². The van der Waals surface area contributed by atoms with Crippen LogP contribution < -0.4 is 5.32 Å². The first-order chi connectivity index (χ1) is 9.04. The van der Waals surface area contributed by atoms with E-state index in [0.29, 0.717) is 17.1 Å². The molecule has 2 aromatic rings. The number of hydrogen-bond donors (Lipinski definition) is 1. The molecule has 0 aliphatic rings. The third-order valence-corrected chi connectivity index (χ3v) is 3.18. The van der Waals surface area contributed by atoms with Gasteiger partial charge in [-0.2, -0.15) is 5.10 Å². The van der Waals surface area contributed by atoms with E-state index in [2.05, 4.69) is 10.4 Å². The number of aryl methyl sites for hydroxylation is 1. The van der Waals surface area contributed by atoms with Gasteiger partial charge < -0.3 is 5.32 Å². The maximum atomic E-state index is 12.0. The maximum absolute atomic E-state index is 12.0. The van der Waals surface area contributed by atoms with Gasteiger partial charge in [-0.1, -0.05) is 11.6 Å². The van der Waals surface area contributed by atoms with E-state index < -0.39 is 0 Å². The average molecular weight is 278 g/mol. The van der Waals surface area contributed by atoms with Crippen molar-refractivity contribution in [1.82, 2.24) is 15.1 Å². The zero-order chi connectivity index (χ0) is 14.0. The summed E-state index contributed by atoms with van der Waals surface area (Å²) < 4.78 is 1.76. The molecule has 5 heteroatoms. The zero-order valence-electron chi connectivity index (χ0n) is 11.2. The van der Waals surface area contributed by atoms with E-state index >= 15 is 0 Å². The van der Waals surface area contributed by atoms with Crippen LogP contribution in [0.1, 0.15) is 28.7 Å². The maximum Gasteiger partial charge on any atom is 0.255 e. The fourth-order valence-corrected chi connectivity index (χ4v) is 2.18. The van der Waals surface area contributed by atoms with Crippen LogP contribution in [0.25, 0.3) is 5.69 Å². The summed E-state index contributed by atoms with van der Waals surface area (Å²) in [6.45, 7) is 6.22. The van der Waals surface area contributed by atoms with E-state index in [1.807, 2.05) is 32.9 Å². The normalized spacial score (nSPS) is 10.5. The molecule has 1 N–H and O–H groups in total. The number of amides is 1. The van der Waals surface area contributed by atoms with Gasteiger partial charge in [-0.25, -0.2) is 4.68 Å². The predicted molar refractivity (Wildman–Crippen MR) is 76.1 cm³/mol. The second kappa shape index (κ2) is 5.45. The highest BCUT2D eigenvalue weighted by Gasteiger charge is 2.18. The molecule has 2 rings (SSSR count). The number of carbonyl (C=O) groups is 1. The fraction of sp³-hybridized carbons (Fsp3) is 0.286. The number of hydrogen-bond acceptors (Lipinski definition) is 2. The van der Waals surface area contributed by atoms with Gasteiger partial charge >= 0.3 is 0 Å². The summed E-state index contributed by atoms with van der Waals surface area (Å²) in [5.41, 5.74) is 3.07. The molecule has 0 saturated carbocycles. The minimum Gasteiger partial charge on any atom is -0.352 e. The third-order valence-electron chi connectivity index (χ3n) is 2.93. The predicted octanol–water partition coefficient (Wildman–Crippen LogP) is 2.89. The van der Waals surface area contributed by atoms with Crippen molar-refractivity contribution in [3.63, 3.8) is 0 Å². The van der Waals surface area contributed by atoms with Gasteiger partial charge in [0.25, 0.3) is 5.91 Å². The quantitative estimate of drug-likeness (QED) is 0.938. The second-order valence-corrected chi connectivity index (χ2v) is 4.73. The number of nitrogens with one attached hydrogen (secondary N) is 1. The molecule has 0 spiro atoms. The van der Waals surface area contributed by atoms with Gasteiger partial charge in [0, 0.05) is 11.6 Å². The molecule has 0 saturated heterocycles. The molecule has 100 valence electrons. The molecule has 0 fully saturated rings. The molecule has 1 heterocycles. The first-order valence-electron chi connectivity index (χ1n) is 6.15. The van der Waals surface area contributed by atoms with Crippen LogP contribution in [0.3, 0.4) is 0 Å². The molecule has 0 aliphatic heterocycles. The second-order valence-electron chi connectivity index (χ2n) is 4.29. The van der Waals surface area contributed by atoms with Gasteiger partial charge in [-0.3, -0.25) is 4.79 Å². The Kier molecular flexibility index (Phi) is 3.90. The molecule has 1 aromatic heterocycles. The van der Waals surface area contributed by atoms with Gasteiger partial charge in [0.1, 0.15) is 0 Å². The van der Waals surface area contributed by atoms with E-state index in [1.165, 1.54) is 0 Å². The van der Waals surface area contributed by atoms with Crippen molar-refractivity contribution >= 4 is 17.5 Å². The Morgan fingerprint density at radius 1 is 1.32 bits per heavy atom. The minimum atomic E-state index is -0.0855. The average Bonchev–Trinajstić information content (AvgIpc) is 2.66. The molecular weight excluding hydrogens is 262 g/mol. The Morgan fingerprint density at radius 3 is 2.53 bits per heavy atom. The van der Waals surface area contributed by atoms with E-state index in [1.54, 1.807) is 16.8 Å². The van der Waals surface area contributed by atoms with Gasteiger partial charge in [0.15, 0.2) is 0 Å². The lowest BCUT2D eigenvalue weighted by atomic mass is 10.2. The first kappa shape index (κ1) is 13.6. The van der Waals surface area contributed by atoms with Crippen molar-refractivity contribution in [2.45, 2.75) is 20.8 Å². The highest BCUT2D eigenvalue weighted by atomic mass is 35.5. The summed E-state index contributed by atoms with van der Waals surface area (Å²) in [7, 11) is 0. The lowest BCUT2D eigenvalue weighted by Crippen LogP contribution is -2.23. The summed E-state index contributed by atoms with van der Waals surface area (Å²) in [5.74, 6) is -0.0855. The van der Waals surface area contributed by atoms with Crippen LogP contribution in [0.4, 0.5) is 0 Å². The standard InChI is InChI=1S/C14H16ClN3O/c1-4-16-14(19)13-9(2)17-18(10(13)3)12-7-5-11(15)6-8-12/h5-8H,4H2,1-3H3,(H,16,19). The van der Waals surface area contributed by atoms with Crippen LogP contribution in [-0.4, -0.2) is 22.2 Å². The Hall–Kier alpha value is -1.81.